The zero-order valence-corrected chi connectivity index (χ0v) is 17.3. The summed E-state index contributed by atoms with van der Waals surface area (Å²) < 4.78 is 145. The van der Waals surface area contributed by atoms with Crippen molar-refractivity contribution in [2.24, 2.45) is 0 Å². The van der Waals surface area contributed by atoms with Crippen LogP contribution in [0.4, 0.5) is 39.5 Å². The molecular weight excluding hydrogens is 487 g/mol. The summed E-state index contributed by atoms with van der Waals surface area (Å²) in [7, 11) is -10.1. The first-order valence-corrected chi connectivity index (χ1v) is 12.0. The molecular formula is C17H15F9O3S2. The lowest BCUT2D eigenvalue weighted by Gasteiger charge is -2.36. The van der Waals surface area contributed by atoms with Gasteiger partial charge in [0.05, 0.1) is 0 Å². The normalized spacial score (nSPS) is 15.3. The van der Waals surface area contributed by atoms with E-state index in [1.54, 1.807) is 30.3 Å². The third-order valence-electron chi connectivity index (χ3n) is 4.03. The lowest BCUT2D eigenvalue weighted by Crippen LogP contribution is -2.63. The van der Waals surface area contributed by atoms with E-state index in [9.17, 15) is 47.9 Å². The monoisotopic (exact) mass is 502 g/mol. The molecule has 2 aromatic rings. The topological polar surface area (TPSA) is 43.4 Å². The molecule has 0 saturated carbocycles. The molecule has 0 aliphatic heterocycles. The Morgan fingerprint density at radius 1 is 0.774 bits per heavy atom. The lowest BCUT2D eigenvalue weighted by atomic mass is 10.1. The van der Waals surface area contributed by atoms with E-state index in [1.807, 2.05) is 0 Å². The first-order valence-electron chi connectivity index (χ1n) is 8.10. The van der Waals surface area contributed by atoms with Gasteiger partial charge in [-0.3, -0.25) is 0 Å². The molecule has 0 unspecified atom stereocenters. The van der Waals surface area contributed by atoms with Crippen LogP contribution in [0.3, 0.4) is 0 Å². The summed E-state index contributed by atoms with van der Waals surface area (Å²) in [6, 6.07) is 11.4. The van der Waals surface area contributed by atoms with Crippen molar-refractivity contribution in [3.8, 4) is 0 Å². The van der Waals surface area contributed by atoms with E-state index in [-0.39, 0.29) is 0 Å². The maximum atomic E-state index is 13.9. The molecule has 0 aliphatic carbocycles. The van der Waals surface area contributed by atoms with Gasteiger partial charge in [0.1, 0.15) is 0 Å². The fourth-order valence-corrected chi connectivity index (χ4v) is 6.46. The highest BCUT2D eigenvalue weighted by atomic mass is 32.3. The van der Waals surface area contributed by atoms with Crippen LogP contribution in [0, 0.1) is 0 Å². The number of benzene rings is 2. The highest BCUT2D eigenvalue weighted by Crippen LogP contribution is 2.57. The van der Waals surface area contributed by atoms with Crippen LogP contribution in [0.5, 0.6) is 0 Å². The lowest BCUT2D eigenvalue weighted by molar-refractivity contribution is -0.382. The van der Waals surface area contributed by atoms with Crippen LogP contribution in [-0.2, 0) is 19.5 Å². The molecule has 2 aromatic carbocycles. The van der Waals surface area contributed by atoms with E-state index in [0.717, 1.165) is 17.9 Å². The van der Waals surface area contributed by atoms with Gasteiger partial charge in [-0.25, -0.2) is 3.63 Å². The van der Waals surface area contributed by atoms with Crippen LogP contribution in [0.25, 0.3) is 10.8 Å². The number of hydrogen-bond donors (Lipinski definition) is 0. The fourth-order valence-electron chi connectivity index (χ4n) is 2.56. The molecule has 0 heterocycles. The van der Waals surface area contributed by atoms with E-state index < -0.39 is 49.5 Å². The molecule has 2 rings (SSSR count). The Labute approximate surface area is 172 Å². The van der Waals surface area contributed by atoms with Gasteiger partial charge in [0, 0.05) is 5.75 Å². The number of halogens is 9. The minimum absolute atomic E-state index is 0.338. The standard InChI is InChI=1S/C17H15F9O3S2/c1-30(2,10-11-7-8-12-5-3-4-6-13(12)9-11)29-31(27,28)17(25,26)15(20,21)14(18,19)16(22,23)24/h3-9H,10H2,1-2H3. The first-order chi connectivity index (χ1) is 13.8. The van der Waals surface area contributed by atoms with Gasteiger partial charge in [-0.2, -0.15) is 47.9 Å². The van der Waals surface area contributed by atoms with Gasteiger partial charge in [-0.15, -0.1) is 10.3 Å². The maximum Gasteiger partial charge on any atom is 0.460 e. The van der Waals surface area contributed by atoms with Crippen LogP contribution < -0.4 is 0 Å². The van der Waals surface area contributed by atoms with Crippen molar-refractivity contribution >= 4 is 31.2 Å². The molecule has 0 atom stereocenters. The average Bonchev–Trinajstić information content (AvgIpc) is 2.58. The molecule has 0 spiro atoms. The Hall–Kier alpha value is -1.67. The molecule has 0 aromatic heterocycles. The van der Waals surface area contributed by atoms with E-state index in [1.165, 1.54) is 12.1 Å². The Kier molecular flexibility index (Phi) is 6.38. The summed E-state index contributed by atoms with van der Waals surface area (Å²) in [5.41, 5.74) is 0.338. The molecule has 14 heteroatoms. The van der Waals surface area contributed by atoms with Crippen LogP contribution in [0.1, 0.15) is 5.56 Å². The second kappa shape index (κ2) is 7.73. The van der Waals surface area contributed by atoms with Gasteiger partial charge in [0.2, 0.25) is 0 Å². The summed E-state index contributed by atoms with van der Waals surface area (Å²) in [6.07, 6.45) is -5.23. The van der Waals surface area contributed by atoms with Crippen molar-refractivity contribution in [1.29, 1.82) is 0 Å². The van der Waals surface area contributed by atoms with Crippen molar-refractivity contribution in [2.75, 3.05) is 12.5 Å². The van der Waals surface area contributed by atoms with Crippen molar-refractivity contribution in [1.82, 2.24) is 0 Å². The summed E-state index contributed by atoms with van der Waals surface area (Å²) >= 11 is 0. The average molecular weight is 502 g/mol. The SMILES string of the molecule is CS(C)(Cc1ccc2ccccc2c1)OS(=O)(=O)C(F)(F)C(F)(F)C(F)(F)C(F)(F)F. The molecule has 0 fully saturated rings. The van der Waals surface area contributed by atoms with E-state index in [4.69, 9.17) is 0 Å². The summed E-state index contributed by atoms with van der Waals surface area (Å²) in [4.78, 5) is 0. The second-order valence-electron chi connectivity index (χ2n) is 6.95. The fraction of sp³-hybridized carbons (Fsp3) is 0.412. The van der Waals surface area contributed by atoms with Crippen LogP contribution >= 0.6 is 10.3 Å². The number of hydrogen-bond acceptors (Lipinski definition) is 3. The third-order valence-corrected chi connectivity index (χ3v) is 8.13. The molecule has 0 radical (unpaired) electrons. The van der Waals surface area contributed by atoms with Crippen LogP contribution in [-0.4, -0.2) is 44.2 Å². The Morgan fingerprint density at radius 2 is 1.29 bits per heavy atom. The van der Waals surface area contributed by atoms with Crippen molar-refractivity contribution in [2.45, 2.75) is 29.0 Å². The zero-order chi connectivity index (χ0) is 24.1. The largest absolute Gasteiger partial charge is 0.460 e. The van der Waals surface area contributed by atoms with E-state index >= 15 is 0 Å². The summed E-state index contributed by atoms with van der Waals surface area (Å²) in [6.45, 7) is 0. The molecule has 0 amide bonds. The molecule has 0 aliphatic rings. The summed E-state index contributed by atoms with van der Waals surface area (Å²) in [5, 5.41) is -5.43. The smallest absolute Gasteiger partial charge is 0.215 e. The molecule has 176 valence electrons. The van der Waals surface area contributed by atoms with E-state index in [2.05, 4.69) is 3.63 Å². The van der Waals surface area contributed by atoms with Gasteiger partial charge in [-0.1, -0.05) is 42.5 Å². The van der Waals surface area contributed by atoms with Crippen molar-refractivity contribution in [3.63, 3.8) is 0 Å². The third kappa shape index (κ3) is 4.60. The van der Waals surface area contributed by atoms with Crippen LogP contribution in [0.2, 0.25) is 0 Å². The van der Waals surface area contributed by atoms with E-state index in [0.29, 0.717) is 10.9 Å². The number of alkyl halides is 9. The predicted molar refractivity (Wildman–Crippen MR) is 98.0 cm³/mol. The Balaban J connectivity index is 2.35. The molecule has 31 heavy (non-hydrogen) atoms. The van der Waals surface area contributed by atoms with Gasteiger partial charge >= 0.3 is 33.4 Å². The number of rotatable bonds is 7. The van der Waals surface area contributed by atoms with Gasteiger partial charge < -0.3 is 0 Å². The van der Waals surface area contributed by atoms with Crippen LogP contribution in [0.15, 0.2) is 42.5 Å². The number of fused-ring (bicyclic) bond motifs is 1. The highest BCUT2D eigenvalue weighted by Gasteiger charge is 2.86. The predicted octanol–water partition coefficient (Wildman–Crippen LogP) is 6.09. The molecule has 3 nitrogen and oxygen atoms in total. The Morgan fingerprint density at radius 3 is 1.81 bits per heavy atom. The van der Waals surface area contributed by atoms with Gasteiger partial charge in [0.15, 0.2) is 0 Å². The van der Waals surface area contributed by atoms with Gasteiger partial charge in [0.25, 0.3) is 0 Å². The minimum atomic E-state index is -7.34. The minimum Gasteiger partial charge on any atom is -0.215 e. The Bertz CT molecular complexity index is 1060. The van der Waals surface area contributed by atoms with Gasteiger partial charge in [-0.05, 0) is 28.8 Å². The summed E-state index contributed by atoms with van der Waals surface area (Å²) in [5.74, 6) is -15.1. The zero-order valence-electron chi connectivity index (χ0n) is 15.7. The second-order valence-corrected chi connectivity index (χ2v) is 12.1. The molecule has 0 bridgehead atoms. The van der Waals surface area contributed by atoms with Crippen molar-refractivity contribution < 1.29 is 51.6 Å². The van der Waals surface area contributed by atoms with Crippen molar-refractivity contribution in [3.05, 3.63) is 48.0 Å². The first kappa shape index (κ1) is 25.6. The molecule has 0 saturated heterocycles. The highest BCUT2D eigenvalue weighted by molar-refractivity contribution is 8.31. The molecule has 0 N–H and O–H groups in total. The quantitative estimate of drug-likeness (QED) is 0.431. The maximum absolute atomic E-state index is 13.9.